The summed E-state index contributed by atoms with van der Waals surface area (Å²) in [7, 11) is 2.71. The fourth-order valence-electron chi connectivity index (χ4n) is 2.63. The number of esters is 1. The summed E-state index contributed by atoms with van der Waals surface area (Å²) in [4.78, 5) is 26.9. The summed E-state index contributed by atoms with van der Waals surface area (Å²) in [6, 6.07) is 10.1. The first-order valence-corrected chi connectivity index (χ1v) is 8.05. The van der Waals surface area contributed by atoms with Crippen LogP contribution in [0.2, 0.25) is 5.02 Å². The predicted octanol–water partition coefficient (Wildman–Crippen LogP) is 2.98. The van der Waals surface area contributed by atoms with Crippen molar-refractivity contribution in [1.82, 2.24) is 14.8 Å². The van der Waals surface area contributed by atoms with Crippen LogP contribution in [0.1, 0.15) is 15.9 Å². The lowest BCUT2D eigenvalue weighted by Gasteiger charge is -2.08. The number of nitrogens with one attached hydrogen (secondary N) is 1. The fraction of sp³-hybridized carbons (Fsp3) is 0.167. The molecule has 3 rings (SSSR count). The molecule has 1 N–H and O–H groups in total. The van der Waals surface area contributed by atoms with Gasteiger partial charge in [0.15, 0.2) is 5.82 Å². The van der Waals surface area contributed by atoms with Gasteiger partial charge in [0, 0.05) is 11.6 Å². The molecule has 0 saturated carbocycles. The van der Waals surface area contributed by atoms with Crippen molar-refractivity contribution in [3.8, 4) is 22.8 Å². The first-order chi connectivity index (χ1) is 12.5. The molecule has 0 saturated heterocycles. The van der Waals surface area contributed by atoms with Crippen LogP contribution in [0.25, 0.3) is 17.1 Å². The average Bonchev–Trinajstić information content (AvgIpc) is 3.01. The van der Waals surface area contributed by atoms with Crippen LogP contribution in [0.3, 0.4) is 0 Å². The number of hydrogen-bond acceptors (Lipinski definition) is 5. The Balaban J connectivity index is 2.11. The molecule has 134 valence electrons. The molecule has 2 aromatic carbocycles. The maximum absolute atomic E-state index is 12.4. The Hall–Kier alpha value is -3.06. The van der Waals surface area contributed by atoms with E-state index in [1.807, 2.05) is 19.1 Å². The van der Waals surface area contributed by atoms with E-state index in [0.717, 1.165) is 5.56 Å². The second kappa shape index (κ2) is 7.05. The number of rotatable bonds is 4. The van der Waals surface area contributed by atoms with Crippen LogP contribution in [0.5, 0.6) is 5.75 Å². The molecule has 26 heavy (non-hydrogen) atoms. The van der Waals surface area contributed by atoms with Gasteiger partial charge in [-0.05, 0) is 30.7 Å². The van der Waals surface area contributed by atoms with E-state index in [-0.39, 0.29) is 11.3 Å². The quantitative estimate of drug-likeness (QED) is 0.710. The SMILES string of the molecule is COC(=O)c1ccc(-n2nc(-c3c(C)cccc3Cl)[nH]c2=O)cc1OC. The fourth-order valence-corrected chi connectivity index (χ4v) is 2.95. The Kier molecular flexibility index (Phi) is 4.81. The van der Waals surface area contributed by atoms with Crippen molar-refractivity contribution in [1.29, 1.82) is 0 Å². The topological polar surface area (TPSA) is 86.2 Å². The molecule has 0 amide bonds. The van der Waals surface area contributed by atoms with Crippen LogP contribution < -0.4 is 10.4 Å². The highest BCUT2D eigenvalue weighted by Gasteiger charge is 2.17. The van der Waals surface area contributed by atoms with Crippen LogP contribution >= 0.6 is 11.6 Å². The summed E-state index contributed by atoms with van der Waals surface area (Å²) in [5, 5.41) is 4.82. The van der Waals surface area contributed by atoms with Gasteiger partial charge in [-0.25, -0.2) is 9.59 Å². The van der Waals surface area contributed by atoms with E-state index in [1.54, 1.807) is 12.1 Å². The lowest BCUT2D eigenvalue weighted by atomic mass is 10.1. The third-order valence-corrected chi connectivity index (χ3v) is 4.23. The van der Waals surface area contributed by atoms with Gasteiger partial charge in [-0.3, -0.25) is 4.98 Å². The zero-order chi connectivity index (χ0) is 18.8. The Labute approximate surface area is 154 Å². The van der Waals surface area contributed by atoms with Crippen LogP contribution in [0.4, 0.5) is 0 Å². The molecule has 0 spiro atoms. The van der Waals surface area contributed by atoms with Gasteiger partial charge in [0.1, 0.15) is 11.3 Å². The third-order valence-electron chi connectivity index (χ3n) is 3.91. The van der Waals surface area contributed by atoms with E-state index < -0.39 is 11.7 Å². The molecule has 1 aromatic heterocycles. The van der Waals surface area contributed by atoms with E-state index in [4.69, 9.17) is 21.1 Å². The molecule has 0 aliphatic rings. The number of aromatic amines is 1. The van der Waals surface area contributed by atoms with Crippen LogP contribution in [0, 0.1) is 6.92 Å². The zero-order valence-electron chi connectivity index (χ0n) is 14.4. The standard InChI is InChI=1S/C18H16ClN3O4/c1-10-5-4-6-13(19)15(10)16-20-18(24)22(21-16)11-7-8-12(17(23)26-3)14(9-11)25-2/h4-9H,1-3H3,(H,20,21,24). The molecule has 0 unspecified atom stereocenters. The largest absolute Gasteiger partial charge is 0.496 e. The van der Waals surface area contributed by atoms with Crippen molar-refractivity contribution in [3.63, 3.8) is 0 Å². The number of H-pyrrole nitrogens is 1. The van der Waals surface area contributed by atoms with E-state index in [2.05, 4.69) is 10.1 Å². The summed E-state index contributed by atoms with van der Waals surface area (Å²) in [6.45, 7) is 1.88. The maximum Gasteiger partial charge on any atom is 0.348 e. The number of aryl methyl sites for hydroxylation is 1. The second-order valence-corrected chi connectivity index (χ2v) is 5.91. The average molecular weight is 374 g/mol. The van der Waals surface area contributed by atoms with Crippen LogP contribution in [-0.4, -0.2) is 35.0 Å². The molecule has 0 atom stereocenters. The minimum atomic E-state index is -0.532. The molecule has 7 nitrogen and oxygen atoms in total. The van der Waals surface area contributed by atoms with Gasteiger partial charge in [0.05, 0.1) is 24.9 Å². The normalized spacial score (nSPS) is 10.6. The van der Waals surface area contributed by atoms with E-state index >= 15 is 0 Å². The highest BCUT2D eigenvalue weighted by molar-refractivity contribution is 6.33. The minimum Gasteiger partial charge on any atom is -0.496 e. The Morgan fingerprint density at radius 1 is 1.23 bits per heavy atom. The summed E-state index contributed by atoms with van der Waals surface area (Å²) in [6.07, 6.45) is 0. The van der Waals surface area contributed by atoms with Crippen molar-refractivity contribution in [2.24, 2.45) is 0 Å². The van der Waals surface area contributed by atoms with Crippen molar-refractivity contribution in [3.05, 3.63) is 63.0 Å². The Morgan fingerprint density at radius 3 is 2.65 bits per heavy atom. The van der Waals surface area contributed by atoms with Gasteiger partial charge < -0.3 is 9.47 Å². The number of nitrogens with zero attached hydrogens (tertiary/aromatic N) is 2. The van der Waals surface area contributed by atoms with Crippen molar-refractivity contribution in [2.45, 2.75) is 6.92 Å². The number of carbonyl (C=O) groups is 1. The molecule has 0 fully saturated rings. The van der Waals surface area contributed by atoms with Gasteiger partial charge >= 0.3 is 11.7 Å². The number of methoxy groups -OCH3 is 2. The first kappa shape index (κ1) is 17.8. The first-order valence-electron chi connectivity index (χ1n) is 7.67. The number of aromatic nitrogens is 3. The van der Waals surface area contributed by atoms with E-state index in [0.29, 0.717) is 22.1 Å². The predicted molar refractivity (Wildman–Crippen MR) is 97.3 cm³/mol. The van der Waals surface area contributed by atoms with Gasteiger partial charge in [-0.15, -0.1) is 5.10 Å². The van der Waals surface area contributed by atoms with Gasteiger partial charge in [-0.1, -0.05) is 23.7 Å². The third kappa shape index (κ3) is 3.09. The molecule has 0 bridgehead atoms. The van der Waals surface area contributed by atoms with Gasteiger partial charge in [0.2, 0.25) is 0 Å². The highest BCUT2D eigenvalue weighted by atomic mass is 35.5. The second-order valence-electron chi connectivity index (χ2n) is 5.50. The molecule has 0 aliphatic heterocycles. The lowest BCUT2D eigenvalue weighted by Crippen LogP contribution is -2.16. The van der Waals surface area contributed by atoms with Crippen molar-refractivity contribution in [2.75, 3.05) is 14.2 Å². The van der Waals surface area contributed by atoms with Crippen molar-refractivity contribution >= 4 is 17.6 Å². The Morgan fingerprint density at radius 2 is 2.00 bits per heavy atom. The smallest absolute Gasteiger partial charge is 0.348 e. The molecule has 1 heterocycles. The maximum atomic E-state index is 12.4. The molecule has 0 radical (unpaired) electrons. The molecular formula is C18H16ClN3O4. The summed E-state index contributed by atoms with van der Waals surface area (Å²) in [5.74, 6) is 0.101. The number of benzene rings is 2. The molecular weight excluding hydrogens is 358 g/mol. The number of halogens is 1. The van der Waals surface area contributed by atoms with Crippen LogP contribution in [0.15, 0.2) is 41.2 Å². The van der Waals surface area contributed by atoms with E-state index in [1.165, 1.54) is 31.0 Å². The summed E-state index contributed by atoms with van der Waals surface area (Å²) in [5.41, 5.74) is 1.79. The van der Waals surface area contributed by atoms with Crippen molar-refractivity contribution < 1.29 is 14.3 Å². The molecule has 3 aromatic rings. The Bertz CT molecular complexity index is 1020. The van der Waals surface area contributed by atoms with Gasteiger partial charge in [-0.2, -0.15) is 4.68 Å². The number of carbonyl (C=O) groups excluding carboxylic acids is 1. The molecule has 8 heteroatoms. The van der Waals surface area contributed by atoms with Crippen LogP contribution in [-0.2, 0) is 4.74 Å². The number of hydrogen-bond donors (Lipinski definition) is 1. The minimum absolute atomic E-state index is 0.254. The number of ether oxygens (including phenoxy) is 2. The summed E-state index contributed by atoms with van der Waals surface area (Å²) >= 11 is 6.25. The zero-order valence-corrected chi connectivity index (χ0v) is 15.1. The monoisotopic (exact) mass is 373 g/mol. The summed E-state index contributed by atoms with van der Waals surface area (Å²) < 4.78 is 11.1. The lowest BCUT2D eigenvalue weighted by molar-refractivity contribution is 0.0597. The van der Waals surface area contributed by atoms with Gasteiger partial charge in [0.25, 0.3) is 0 Å². The molecule has 0 aliphatic carbocycles. The highest BCUT2D eigenvalue weighted by Crippen LogP contribution is 2.28. The van der Waals surface area contributed by atoms with E-state index in [9.17, 15) is 9.59 Å².